The van der Waals surface area contributed by atoms with Crippen molar-refractivity contribution in [1.82, 2.24) is 0 Å². The number of benzene rings is 2. The zero-order valence-electron chi connectivity index (χ0n) is 13.8. The van der Waals surface area contributed by atoms with Crippen LogP contribution >= 0.6 is 30.5 Å². The van der Waals surface area contributed by atoms with Crippen molar-refractivity contribution in [3.8, 4) is 0 Å². The normalized spacial score (nSPS) is 11.5. The summed E-state index contributed by atoms with van der Waals surface area (Å²) >= 11 is 12.1. The van der Waals surface area contributed by atoms with E-state index in [1.165, 1.54) is 18.1 Å². The molecule has 0 unspecified atom stereocenters. The molecule has 0 aliphatic heterocycles. The van der Waals surface area contributed by atoms with Crippen molar-refractivity contribution in [2.24, 2.45) is 0 Å². The number of ketones is 1. The lowest BCUT2D eigenvalue weighted by molar-refractivity contribution is 0.103. The second-order valence-corrected chi connectivity index (χ2v) is 12.6. The van der Waals surface area contributed by atoms with Gasteiger partial charge in [-0.1, -0.05) is 47.5 Å². The van der Waals surface area contributed by atoms with Gasteiger partial charge in [-0.15, -0.1) is 0 Å². The van der Waals surface area contributed by atoms with E-state index in [1.54, 1.807) is 18.2 Å². The van der Waals surface area contributed by atoms with E-state index in [1.807, 2.05) is 24.3 Å². The minimum Gasteiger partial charge on any atom is -0.289 e. The molecule has 122 valence electrons. The van der Waals surface area contributed by atoms with Gasteiger partial charge in [0.1, 0.15) is 0 Å². The van der Waals surface area contributed by atoms with Crippen LogP contribution in [-0.4, -0.2) is 31.9 Å². The van der Waals surface area contributed by atoms with Gasteiger partial charge in [0.15, 0.2) is 5.78 Å². The molecule has 0 amide bonds. The molecule has 0 aromatic heterocycles. The third kappa shape index (κ3) is 5.60. The predicted molar refractivity (Wildman–Crippen MR) is 104 cm³/mol. The van der Waals surface area contributed by atoms with E-state index in [0.29, 0.717) is 21.2 Å². The molecular weight excluding hydrogens is 346 g/mol. The van der Waals surface area contributed by atoms with Crippen molar-refractivity contribution >= 4 is 36.2 Å². The lowest BCUT2D eigenvalue weighted by atomic mass is 10.0. The highest BCUT2D eigenvalue weighted by Crippen LogP contribution is 2.47. The topological polar surface area (TPSA) is 17.1 Å². The molecular formula is C19H22Cl2OP+. The number of aryl methyl sites for hydroxylation is 1. The van der Waals surface area contributed by atoms with Gasteiger partial charge >= 0.3 is 0 Å². The Bertz CT molecular complexity index is 688. The molecule has 0 N–H and O–H groups in total. The highest BCUT2D eigenvalue weighted by molar-refractivity contribution is 7.73. The van der Waals surface area contributed by atoms with Crippen LogP contribution in [-0.2, 0) is 6.42 Å². The van der Waals surface area contributed by atoms with Crippen LogP contribution in [0.4, 0.5) is 0 Å². The summed E-state index contributed by atoms with van der Waals surface area (Å²) < 4.78 is 0. The number of carbonyl (C=O) groups excluding carboxylic acids is 1. The van der Waals surface area contributed by atoms with E-state index >= 15 is 0 Å². The third-order valence-electron chi connectivity index (χ3n) is 3.68. The minimum absolute atomic E-state index is 0.0929. The van der Waals surface area contributed by atoms with Crippen molar-refractivity contribution in [1.29, 1.82) is 0 Å². The molecule has 0 heterocycles. The summed E-state index contributed by atoms with van der Waals surface area (Å²) in [6, 6.07) is 12.8. The standard InChI is InChI=1S/C19H22Cl2OP/c1-23(2,3)12-4-5-14-6-8-15(9-7-14)19(22)17-13-16(20)10-11-18(17)21/h6-11,13H,4-5,12H2,1-3H3/q+1. The summed E-state index contributed by atoms with van der Waals surface area (Å²) in [6.07, 6.45) is 3.56. The minimum atomic E-state index is -0.709. The largest absolute Gasteiger partial charge is 0.289 e. The number of carbonyl (C=O) groups is 1. The number of hydrogen-bond acceptors (Lipinski definition) is 1. The molecule has 4 heteroatoms. The quantitative estimate of drug-likeness (QED) is 0.447. The van der Waals surface area contributed by atoms with Gasteiger partial charge in [0.05, 0.1) is 11.2 Å². The molecule has 0 aliphatic rings. The summed E-state index contributed by atoms with van der Waals surface area (Å²) in [4.78, 5) is 12.5. The van der Waals surface area contributed by atoms with E-state index < -0.39 is 7.26 Å². The van der Waals surface area contributed by atoms with Crippen LogP contribution in [0.5, 0.6) is 0 Å². The first-order valence-electron chi connectivity index (χ1n) is 7.65. The maximum absolute atomic E-state index is 12.5. The SMILES string of the molecule is C[P+](C)(C)CCCc1ccc(C(=O)c2cc(Cl)ccc2Cl)cc1. The molecule has 2 aromatic rings. The fourth-order valence-electron chi connectivity index (χ4n) is 2.41. The Hall–Kier alpha value is -0.880. The second-order valence-electron chi connectivity index (χ2n) is 6.77. The Morgan fingerprint density at radius 3 is 2.26 bits per heavy atom. The molecule has 0 bridgehead atoms. The lowest BCUT2D eigenvalue weighted by Crippen LogP contribution is -2.02. The fraction of sp³-hybridized carbons (Fsp3) is 0.316. The third-order valence-corrected chi connectivity index (χ3v) is 5.91. The molecule has 0 atom stereocenters. The van der Waals surface area contributed by atoms with Crippen LogP contribution in [0.15, 0.2) is 42.5 Å². The van der Waals surface area contributed by atoms with E-state index in [4.69, 9.17) is 23.2 Å². The molecule has 2 aromatic carbocycles. The van der Waals surface area contributed by atoms with Crippen LogP contribution in [0, 0.1) is 0 Å². The molecule has 0 radical (unpaired) electrons. The molecule has 0 spiro atoms. The lowest BCUT2D eigenvalue weighted by Gasteiger charge is -2.11. The Morgan fingerprint density at radius 1 is 1.00 bits per heavy atom. The highest BCUT2D eigenvalue weighted by atomic mass is 35.5. The highest BCUT2D eigenvalue weighted by Gasteiger charge is 2.16. The molecule has 23 heavy (non-hydrogen) atoms. The van der Waals surface area contributed by atoms with Gasteiger partial charge < -0.3 is 0 Å². The predicted octanol–water partition coefficient (Wildman–Crippen LogP) is 6.06. The van der Waals surface area contributed by atoms with Crippen LogP contribution < -0.4 is 0 Å². The molecule has 0 aliphatic carbocycles. The zero-order chi connectivity index (χ0) is 17.0. The van der Waals surface area contributed by atoms with Gasteiger partial charge in [0, 0.05) is 43.4 Å². The summed E-state index contributed by atoms with van der Waals surface area (Å²) in [7, 11) is -0.709. The molecule has 0 fully saturated rings. The van der Waals surface area contributed by atoms with Crippen molar-refractivity contribution in [3.05, 3.63) is 69.2 Å². The maximum atomic E-state index is 12.5. The zero-order valence-corrected chi connectivity index (χ0v) is 16.2. The Labute approximate surface area is 149 Å². The first-order chi connectivity index (χ1) is 10.8. The van der Waals surface area contributed by atoms with E-state index in [9.17, 15) is 4.79 Å². The van der Waals surface area contributed by atoms with Crippen molar-refractivity contribution in [3.63, 3.8) is 0 Å². The van der Waals surface area contributed by atoms with Gasteiger partial charge in [-0.05, 0) is 36.6 Å². The Balaban J connectivity index is 2.07. The second kappa shape index (κ2) is 7.79. The molecule has 1 nitrogen and oxygen atoms in total. The average molecular weight is 368 g/mol. The van der Waals surface area contributed by atoms with E-state index in [-0.39, 0.29) is 5.78 Å². The van der Waals surface area contributed by atoms with Crippen LogP contribution in [0.1, 0.15) is 27.9 Å². The van der Waals surface area contributed by atoms with Crippen molar-refractivity contribution in [2.45, 2.75) is 12.8 Å². The smallest absolute Gasteiger partial charge is 0.194 e. The number of halogens is 2. The molecule has 0 saturated heterocycles. The van der Waals surface area contributed by atoms with Crippen LogP contribution in [0.2, 0.25) is 10.0 Å². The number of rotatable bonds is 6. The Morgan fingerprint density at radius 2 is 1.65 bits per heavy atom. The van der Waals surface area contributed by atoms with Gasteiger partial charge in [0.2, 0.25) is 0 Å². The fourth-order valence-corrected chi connectivity index (χ4v) is 3.89. The number of hydrogen-bond donors (Lipinski definition) is 0. The summed E-state index contributed by atoms with van der Waals surface area (Å²) in [5.74, 6) is -0.0929. The van der Waals surface area contributed by atoms with Gasteiger partial charge in [-0.3, -0.25) is 4.79 Å². The molecule has 2 rings (SSSR count). The van der Waals surface area contributed by atoms with E-state index in [2.05, 4.69) is 20.0 Å². The van der Waals surface area contributed by atoms with Gasteiger partial charge in [-0.2, -0.15) is 0 Å². The average Bonchev–Trinajstić information content (AvgIpc) is 2.48. The van der Waals surface area contributed by atoms with Crippen LogP contribution in [0.25, 0.3) is 0 Å². The monoisotopic (exact) mass is 367 g/mol. The summed E-state index contributed by atoms with van der Waals surface area (Å²) in [5, 5.41) is 0.942. The van der Waals surface area contributed by atoms with Gasteiger partial charge in [0.25, 0.3) is 0 Å². The van der Waals surface area contributed by atoms with E-state index in [0.717, 1.165) is 6.42 Å². The first kappa shape index (κ1) is 18.5. The summed E-state index contributed by atoms with van der Waals surface area (Å²) in [5.41, 5.74) is 2.36. The van der Waals surface area contributed by atoms with Gasteiger partial charge in [-0.25, -0.2) is 0 Å². The van der Waals surface area contributed by atoms with Crippen molar-refractivity contribution < 1.29 is 4.79 Å². The summed E-state index contributed by atoms with van der Waals surface area (Å²) in [6.45, 7) is 7.09. The first-order valence-corrected chi connectivity index (χ1v) is 11.7. The Kier molecular flexibility index (Phi) is 6.26. The van der Waals surface area contributed by atoms with Crippen LogP contribution in [0.3, 0.4) is 0 Å². The maximum Gasteiger partial charge on any atom is 0.194 e. The van der Waals surface area contributed by atoms with Crippen molar-refractivity contribution in [2.75, 3.05) is 26.2 Å². The molecule has 0 saturated carbocycles.